The summed E-state index contributed by atoms with van der Waals surface area (Å²) in [6.07, 6.45) is 1.63. The van der Waals surface area contributed by atoms with Crippen molar-refractivity contribution in [3.63, 3.8) is 0 Å². The molecule has 0 aromatic carbocycles. The number of aliphatic imine (C=N–C) groups is 1. The Morgan fingerprint density at radius 2 is 2.22 bits per heavy atom. The lowest BCUT2D eigenvalue weighted by molar-refractivity contribution is -0.146. The summed E-state index contributed by atoms with van der Waals surface area (Å²) in [5, 5.41) is 3.34. The number of methoxy groups -OCH3 is 1. The lowest BCUT2D eigenvalue weighted by Crippen LogP contribution is -2.46. The molecule has 1 aliphatic rings. The summed E-state index contributed by atoms with van der Waals surface area (Å²) in [4.78, 5) is 24.0. The quantitative estimate of drug-likeness (QED) is 0.329. The first kappa shape index (κ1) is 20.1. The number of rotatable bonds is 4. The summed E-state index contributed by atoms with van der Waals surface area (Å²) in [6, 6.07) is 0. The van der Waals surface area contributed by atoms with Gasteiger partial charge < -0.3 is 15.0 Å². The van der Waals surface area contributed by atoms with Crippen molar-refractivity contribution in [3.05, 3.63) is 16.1 Å². The Labute approximate surface area is 158 Å². The van der Waals surface area contributed by atoms with E-state index >= 15 is 0 Å². The van der Waals surface area contributed by atoms with Gasteiger partial charge in [0.05, 0.1) is 30.8 Å². The van der Waals surface area contributed by atoms with E-state index in [9.17, 15) is 4.79 Å². The fraction of sp³-hybridized carbons (Fsp3) is 0.667. The van der Waals surface area contributed by atoms with Crippen LogP contribution in [0.5, 0.6) is 0 Å². The second-order valence-corrected chi connectivity index (χ2v) is 6.25. The lowest BCUT2D eigenvalue weighted by Gasteiger charge is -2.33. The van der Waals surface area contributed by atoms with Crippen molar-refractivity contribution >= 4 is 47.2 Å². The zero-order valence-electron chi connectivity index (χ0n) is 13.9. The summed E-state index contributed by atoms with van der Waals surface area (Å²) < 4.78 is 4.83. The summed E-state index contributed by atoms with van der Waals surface area (Å²) in [7, 11) is 1.46. The van der Waals surface area contributed by atoms with Crippen LogP contribution in [0.4, 0.5) is 0 Å². The SMILES string of the molecule is CCNC(=NCc1scnc1C)N1CCC(C(=O)OC)CC1.I. The molecule has 0 saturated carbocycles. The highest BCUT2D eigenvalue weighted by Crippen LogP contribution is 2.19. The van der Waals surface area contributed by atoms with Crippen LogP contribution in [0.3, 0.4) is 0 Å². The first-order valence-electron chi connectivity index (χ1n) is 7.65. The molecule has 23 heavy (non-hydrogen) atoms. The van der Waals surface area contributed by atoms with Gasteiger partial charge in [-0.05, 0) is 26.7 Å². The van der Waals surface area contributed by atoms with Gasteiger partial charge in [-0.15, -0.1) is 35.3 Å². The van der Waals surface area contributed by atoms with E-state index in [1.807, 2.05) is 12.4 Å². The van der Waals surface area contributed by atoms with Crippen molar-refractivity contribution in [3.8, 4) is 0 Å². The fourth-order valence-electron chi connectivity index (χ4n) is 2.54. The molecular weight excluding hydrogens is 427 g/mol. The molecule has 1 N–H and O–H groups in total. The Morgan fingerprint density at radius 3 is 2.74 bits per heavy atom. The van der Waals surface area contributed by atoms with Gasteiger partial charge in [0.2, 0.25) is 0 Å². The van der Waals surface area contributed by atoms with Crippen molar-refractivity contribution < 1.29 is 9.53 Å². The minimum Gasteiger partial charge on any atom is -0.469 e. The largest absolute Gasteiger partial charge is 0.469 e. The Bertz CT molecular complexity index is 527. The highest BCUT2D eigenvalue weighted by Gasteiger charge is 2.26. The number of aromatic nitrogens is 1. The number of hydrogen-bond donors (Lipinski definition) is 1. The summed E-state index contributed by atoms with van der Waals surface area (Å²) in [5.41, 5.74) is 2.91. The number of aryl methyl sites for hydroxylation is 1. The monoisotopic (exact) mass is 452 g/mol. The molecule has 1 fully saturated rings. The second-order valence-electron chi connectivity index (χ2n) is 5.32. The van der Waals surface area contributed by atoms with Gasteiger partial charge in [-0.25, -0.2) is 9.98 Å². The maximum Gasteiger partial charge on any atom is 0.308 e. The van der Waals surface area contributed by atoms with Crippen LogP contribution in [0.1, 0.15) is 30.3 Å². The van der Waals surface area contributed by atoms with Crippen LogP contribution in [-0.2, 0) is 16.1 Å². The van der Waals surface area contributed by atoms with E-state index in [0.717, 1.165) is 44.1 Å². The van der Waals surface area contributed by atoms with Crippen LogP contribution in [0.2, 0.25) is 0 Å². The van der Waals surface area contributed by atoms with Crippen LogP contribution in [0, 0.1) is 12.8 Å². The highest BCUT2D eigenvalue weighted by atomic mass is 127. The van der Waals surface area contributed by atoms with Crippen molar-refractivity contribution in [1.29, 1.82) is 0 Å². The number of likely N-dealkylation sites (tertiary alicyclic amines) is 1. The number of carbonyl (C=O) groups is 1. The molecule has 2 heterocycles. The first-order valence-corrected chi connectivity index (χ1v) is 8.53. The molecule has 8 heteroatoms. The molecule has 0 unspecified atom stereocenters. The molecule has 1 saturated heterocycles. The Balaban J connectivity index is 0.00000264. The Kier molecular flexibility index (Phi) is 8.82. The molecule has 0 atom stereocenters. The maximum absolute atomic E-state index is 11.6. The molecule has 0 amide bonds. The number of carbonyl (C=O) groups excluding carboxylic acids is 1. The number of halogens is 1. The molecule has 130 valence electrons. The number of ether oxygens (including phenoxy) is 1. The van der Waals surface area contributed by atoms with E-state index in [0.29, 0.717) is 6.54 Å². The number of hydrogen-bond acceptors (Lipinski definition) is 5. The molecule has 2 rings (SSSR count). The Morgan fingerprint density at radius 1 is 1.52 bits per heavy atom. The molecule has 6 nitrogen and oxygen atoms in total. The van der Waals surface area contributed by atoms with Crippen molar-refractivity contribution in [1.82, 2.24) is 15.2 Å². The van der Waals surface area contributed by atoms with E-state index in [-0.39, 0.29) is 35.9 Å². The number of esters is 1. The van der Waals surface area contributed by atoms with Crippen LogP contribution in [-0.4, -0.2) is 48.6 Å². The molecule has 0 spiro atoms. The maximum atomic E-state index is 11.6. The summed E-state index contributed by atoms with van der Waals surface area (Å²) >= 11 is 1.64. The third-order valence-corrected chi connectivity index (χ3v) is 4.80. The van der Waals surface area contributed by atoms with E-state index < -0.39 is 0 Å². The first-order chi connectivity index (χ1) is 10.7. The van der Waals surface area contributed by atoms with Crippen LogP contribution < -0.4 is 5.32 Å². The lowest BCUT2D eigenvalue weighted by atomic mass is 9.97. The summed E-state index contributed by atoms with van der Waals surface area (Å²) in [5.74, 6) is 0.841. The van der Waals surface area contributed by atoms with Gasteiger partial charge in [0, 0.05) is 24.5 Å². The third-order valence-electron chi connectivity index (χ3n) is 3.88. The van der Waals surface area contributed by atoms with E-state index in [2.05, 4.69) is 22.1 Å². The second kappa shape index (κ2) is 10.1. The number of nitrogens with zero attached hydrogens (tertiary/aromatic N) is 3. The minimum atomic E-state index is -0.0955. The smallest absolute Gasteiger partial charge is 0.308 e. The predicted molar refractivity (Wildman–Crippen MR) is 103 cm³/mol. The van der Waals surface area contributed by atoms with Gasteiger partial charge in [0.15, 0.2) is 5.96 Å². The normalized spacial score (nSPS) is 16.0. The standard InChI is InChI=1S/C15H24N4O2S.HI/c1-4-16-15(17-9-13-11(2)18-10-22-13)19-7-5-12(6-8-19)14(20)21-3;/h10,12H,4-9H2,1-3H3,(H,16,17);1H. The van der Waals surface area contributed by atoms with Crippen molar-refractivity contribution in [2.45, 2.75) is 33.2 Å². The molecule has 0 radical (unpaired) electrons. The minimum absolute atomic E-state index is 0. The van der Waals surface area contributed by atoms with Gasteiger partial charge >= 0.3 is 5.97 Å². The van der Waals surface area contributed by atoms with Crippen LogP contribution in [0.25, 0.3) is 0 Å². The third kappa shape index (κ3) is 5.59. The number of guanidine groups is 1. The molecule has 1 aromatic heterocycles. The van der Waals surface area contributed by atoms with Crippen LogP contribution >= 0.6 is 35.3 Å². The fourth-order valence-corrected chi connectivity index (χ4v) is 3.24. The van der Waals surface area contributed by atoms with Crippen molar-refractivity contribution in [2.75, 3.05) is 26.7 Å². The number of piperidine rings is 1. The van der Waals surface area contributed by atoms with Crippen molar-refractivity contribution in [2.24, 2.45) is 10.9 Å². The Hall–Kier alpha value is -0.900. The highest BCUT2D eigenvalue weighted by molar-refractivity contribution is 14.0. The van der Waals surface area contributed by atoms with E-state index in [1.165, 1.54) is 12.0 Å². The zero-order chi connectivity index (χ0) is 15.9. The zero-order valence-corrected chi connectivity index (χ0v) is 17.0. The molecular formula is C15H25IN4O2S. The van der Waals surface area contributed by atoms with Gasteiger partial charge in [-0.3, -0.25) is 4.79 Å². The molecule has 1 aliphatic heterocycles. The van der Waals surface area contributed by atoms with Gasteiger partial charge in [0.1, 0.15) is 0 Å². The van der Waals surface area contributed by atoms with E-state index in [1.54, 1.807) is 11.3 Å². The van der Waals surface area contributed by atoms with E-state index in [4.69, 9.17) is 9.73 Å². The average Bonchev–Trinajstić information content (AvgIpc) is 2.96. The van der Waals surface area contributed by atoms with Crippen LogP contribution in [0.15, 0.2) is 10.5 Å². The average molecular weight is 452 g/mol. The molecule has 0 bridgehead atoms. The predicted octanol–water partition coefficient (Wildman–Crippen LogP) is 2.42. The topological polar surface area (TPSA) is 66.8 Å². The van der Waals surface area contributed by atoms with Gasteiger partial charge in [0.25, 0.3) is 0 Å². The number of nitrogens with one attached hydrogen (secondary N) is 1. The molecule has 1 aromatic rings. The summed E-state index contributed by atoms with van der Waals surface area (Å²) in [6.45, 7) is 7.21. The number of thiazole rings is 1. The molecule has 0 aliphatic carbocycles. The van der Waals surface area contributed by atoms with Gasteiger partial charge in [-0.2, -0.15) is 0 Å². The van der Waals surface area contributed by atoms with Gasteiger partial charge in [-0.1, -0.05) is 0 Å².